The van der Waals surface area contributed by atoms with E-state index in [9.17, 15) is 9.59 Å². The second-order valence-corrected chi connectivity index (χ2v) is 7.13. The van der Waals surface area contributed by atoms with Crippen LogP contribution in [0.5, 0.6) is 5.75 Å². The number of benzene rings is 2. The lowest BCUT2D eigenvalue weighted by Crippen LogP contribution is -2.21. The number of nitrogens with one attached hydrogen (secondary N) is 2. The van der Waals surface area contributed by atoms with Gasteiger partial charge in [-0.3, -0.25) is 9.89 Å². The molecule has 0 aliphatic carbocycles. The average Bonchev–Trinajstić information content (AvgIpc) is 3.30. The topological polar surface area (TPSA) is 111 Å². The molecule has 4 aromatic rings. The highest BCUT2D eigenvalue weighted by atomic mass is 35.5. The maximum atomic E-state index is 12.2. The van der Waals surface area contributed by atoms with Gasteiger partial charge in [0.2, 0.25) is 0 Å². The Hall–Kier alpha value is -3.85. The Kier molecular flexibility index (Phi) is 5.59. The smallest absolute Gasteiger partial charge is 0.342 e. The van der Waals surface area contributed by atoms with Crippen LogP contribution < -0.4 is 10.1 Å². The number of carbonyl (C=O) groups excluding carboxylic acids is 2. The van der Waals surface area contributed by atoms with Crippen molar-refractivity contribution in [2.75, 3.05) is 19.0 Å². The molecule has 0 aliphatic heterocycles. The van der Waals surface area contributed by atoms with E-state index >= 15 is 0 Å². The van der Waals surface area contributed by atoms with E-state index in [2.05, 4.69) is 20.5 Å². The molecule has 4 rings (SSSR count). The standard InChI is InChI=1S/C21H18ClN5O4/c1-12-9-18-24-20(26-27(18)25-12)13-3-6-15(7-4-13)23-19(28)11-31-21(29)16-8-5-14(22)10-17(16)30-2/h3-10,25H,11H2,1-2H3,(H,23,28). The van der Waals surface area contributed by atoms with Crippen molar-refractivity contribution in [3.8, 4) is 17.1 Å². The van der Waals surface area contributed by atoms with Gasteiger partial charge in [-0.05, 0) is 49.4 Å². The minimum Gasteiger partial charge on any atom is -0.496 e. The van der Waals surface area contributed by atoms with Gasteiger partial charge in [0.25, 0.3) is 5.91 Å². The van der Waals surface area contributed by atoms with Crippen molar-refractivity contribution < 1.29 is 19.1 Å². The molecule has 10 heteroatoms. The Morgan fingerprint density at radius 1 is 1.16 bits per heavy atom. The molecule has 1 amide bonds. The number of esters is 1. The number of rotatable bonds is 6. The highest BCUT2D eigenvalue weighted by Gasteiger charge is 2.16. The molecule has 0 bridgehead atoms. The maximum absolute atomic E-state index is 12.2. The van der Waals surface area contributed by atoms with Crippen molar-refractivity contribution in [2.45, 2.75) is 6.92 Å². The molecule has 9 nitrogen and oxygen atoms in total. The Morgan fingerprint density at radius 2 is 1.94 bits per heavy atom. The van der Waals surface area contributed by atoms with E-state index in [-0.39, 0.29) is 11.3 Å². The van der Waals surface area contributed by atoms with Crippen LogP contribution in [0.4, 0.5) is 5.69 Å². The molecule has 0 spiro atoms. The van der Waals surface area contributed by atoms with Gasteiger partial charge >= 0.3 is 5.97 Å². The van der Waals surface area contributed by atoms with Crippen LogP contribution >= 0.6 is 11.6 Å². The highest BCUT2D eigenvalue weighted by molar-refractivity contribution is 6.30. The monoisotopic (exact) mass is 439 g/mol. The fraction of sp³-hybridized carbons (Fsp3) is 0.143. The number of aromatic nitrogens is 4. The molecular weight excluding hydrogens is 422 g/mol. The molecule has 0 fully saturated rings. The van der Waals surface area contributed by atoms with Crippen molar-refractivity contribution in [3.63, 3.8) is 0 Å². The third-order valence-corrected chi connectivity index (χ3v) is 4.64. The highest BCUT2D eigenvalue weighted by Crippen LogP contribution is 2.24. The Labute approximate surface area is 181 Å². The summed E-state index contributed by atoms with van der Waals surface area (Å²) in [6.45, 7) is 1.48. The largest absolute Gasteiger partial charge is 0.496 e. The Balaban J connectivity index is 1.35. The lowest BCUT2D eigenvalue weighted by atomic mass is 10.2. The van der Waals surface area contributed by atoms with Crippen molar-refractivity contribution >= 4 is 34.8 Å². The summed E-state index contributed by atoms with van der Waals surface area (Å²) in [7, 11) is 1.42. The van der Waals surface area contributed by atoms with E-state index in [1.54, 1.807) is 35.0 Å². The number of anilines is 1. The van der Waals surface area contributed by atoms with E-state index in [4.69, 9.17) is 21.1 Å². The first-order valence-electron chi connectivity index (χ1n) is 9.26. The van der Waals surface area contributed by atoms with E-state index in [1.165, 1.54) is 19.2 Å². The zero-order valence-electron chi connectivity index (χ0n) is 16.7. The molecule has 0 aliphatic rings. The summed E-state index contributed by atoms with van der Waals surface area (Å²) in [5.74, 6) is -0.322. The molecular formula is C21H18ClN5O4. The molecule has 2 aromatic heterocycles. The third-order valence-electron chi connectivity index (χ3n) is 4.40. The van der Waals surface area contributed by atoms with Crippen LogP contribution in [-0.4, -0.2) is 45.4 Å². The number of nitrogens with zero attached hydrogens (tertiary/aromatic N) is 3. The van der Waals surface area contributed by atoms with Crippen LogP contribution in [0.15, 0.2) is 48.5 Å². The first-order valence-corrected chi connectivity index (χ1v) is 9.64. The molecule has 0 saturated heterocycles. The number of halogens is 1. The van der Waals surface area contributed by atoms with Crippen molar-refractivity contribution in [1.29, 1.82) is 0 Å². The van der Waals surface area contributed by atoms with Gasteiger partial charge in [-0.15, -0.1) is 5.10 Å². The quantitative estimate of drug-likeness (QED) is 0.445. The van der Waals surface area contributed by atoms with Crippen LogP contribution in [-0.2, 0) is 9.53 Å². The number of hydrogen-bond donors (Lipinski definition) is 2. The number of amides is 1. The molecule has 0 radical (unpaired) electrons. The first-order chi connectivity index (χ1) is 14.9. The average molecular weight is 440 g/mol. The zero-order chi connectivity index (χ0) is 22.0. The van der Waals surface area contributed by atoms with Crippen LogP contribution in [0.2, 0.25) is 5.02 Å². The Bertz CT molecular complexity index is 1230. The summed E-state index contributed by atoms with van der Waals surface area (Å²) >= 11 is 5.88. The van der Waals surface area contributed by atoms with Gasteiger partial charge in [0.05, 0.1) is 7.11 Å². The van der Waals surface area contributed by atoms with Crippen molar-refractivity contribution in [2.24, 2.45) is 0 Å². The predicted octanol–water partition coefficient (Wildman–Crippen LogP) is 3.49. The second-order valence-electron chi connectivity index (χ2n) is 6.69. The molecule has 2 heterocycles. The third kappa shape index (κ3) is 4.51. The fourth-order valence-corrected chi connectivity index (χ4v) is 3.12. The van der Waals surface area contributed by atoms with Gasteiger partial charge in [0.1, 0.15) is 11.3 Å². The van der Waals surface area contributed by atoms with Gasteiger partial charge in [-0.1, -0.05) is 11.6 Å². The number of aryl methyl sites for hydroxylation is 1. The second kappa shape index (κ2) is 8.49. The van der Waals surface area contributed by atoms with Gasteiger partial charge in [0, 0.05) is 28.0 Å². The molecule has 0 unspecified atom stereocenters. The molecule has 2 aromatic carbocycles. The number of hydrogen-bond acceptors (Lipinski definition) is 6. The zero-order valence-corrected chi connectivity index (χ0v) is 17.4. The van der Waals surface area contributed by atoms with E-state index < -0.39 is 18.5 Å². The van der Waals surface area contributed by atoms with Crippen LogP contribution in [0.25, 0.3) is 17.0 Å². The predicted molar refractivity (Wildman–Crippen MR) is 114 cm³/mol. The van der Waals surface area contributed by atoms with Gasteiger partial charge in [0.15, 0.2) is 18.1 Å². The summed E-state index contributed by atoms with van der Waals surface area (Å²) in [6.07, 6.45) is 0. The van der Waals surface area contributed by atoms with Crippen molar-refractivity contribution in [1.82, 2.24) is 19.8 Å². The summed E-state index contributed by atoms with van der Waals surface area (Å²) in [5, 5.41) is 10.5. The minimum atomic E-state index is -0.684. The van der Waals surface area contributed by atoms with Gasteiger partial charge < -0.3 is 14.8 Å². The van der Waals surface area contributed by atoms with Gasteiger partial charge in [-0.2, -0.15) is 4.63 Å². The summed E-state index contributed by atoms with van der Waals surface area (Å²) < 4.78 is 11.8. The lowest BCUT2D eigenvalue weighted by molar-refractivity contribution is -0.119. The minimum absolute atomic E-state index is 0.183. The molecule has 158 valence electrons. The normalized spacial score (nSPS) is 10.8. The number of ether oxygens (including phenoxy) is 2. The summed E-state index contributed by atoms with van der Waals surface area (Å²) in [5.41, 5.74) is 3.23. The molecule has 31 heavy (non-hydrogen) atoms. The summed E-state index contributed by atoms with van der Waals surface area (Å²) in [6, 6.07) is 13.4. The number of fused-ring (bicyclic) bond motifs is 1. The van der Waals surface area contributed by atoms with Crippen LogP contribution in [0, 0.1) is 6.92 Å². The lowest BCUT2D eigenvalue weighted by Gasteiger charge is -2.09. The van der Waals surface area contributed by atoms with E-state index in [1.807, 2.05) is 13.0 Å². The van der Waals surface area contributed by atoms with Gasteiger partial charge in [-0.25, -0.2) is 9.78 Å². The molecule has 0 atom stereocenters. The Morgan fingerprint density at radius 3 is 2.65 bits per heavy atom. The maximum Gasteiger partial charge on any atom is 0.342 e. The fourth-order valence-electron chi connectivity index (χ4n) is 2.96. The van der Waals surface area contributed by atoms with Crippen molar-refractivity contribution in [3.05, 3.63) is 64.8 Å². The number of H-pyrrole nitrogens is 1. The van der Waals surface area contributed by atoms with E-state index in [0.29, 0.717) is 16.5 Å². The van der Waals surface area contributed by atoms with E-state index in [0.717, 1.165) is 16.9 Å². The number of aromatic amines is 1. The SMILES string of the molecule is COc1cc(Cl)ccc1C(=O)OCC(=O)Nc1ccc(-c2nc3cc(C)[nH]n3n2)cc1. The first kappa shape index (κ1) is 20.4. The van der Waals surface area contributed by atoms with Crippen LogP contribution in [0.3, 0.4) is 0 Å². The molecule has 0 saturated carbocycles. The van der Waals surface area contributed by atoms with Crippen LogP contribution in [0.1, 0.15) is 16.1 Å². The number of carbonyl (C=O) groups is 2. The molecule has 2 N–H and O–H groups in total. The summed E-state index contributed by atoms with van der Waals surface area (Å²) in [4.78, 5) is 28.8. The number of methoxy groups -OCH3 is 1.